The van der Waals surface area contributed by atoms with Gasteiger partial charge in [-0.05, 0) is 69.9 Å². The van der Waals surface area contributed by atoms with Crippen molar-refractivity contribution >= 4 is 49.6 Å². The topological polar surface area (TPSA) is 66.9 Å². The van der Waals surface area contributed by atoms with Gasteiger partial charge in [-0.25, -0.2) is 8.42 Å². The third kappa shape index (κ3) is 5.74. The number of anilines is 1. The van der Waals surface area contributed by atoms with Gasteiger partial charge in [0.25, 0.3) is 15.9 Å². The highest BCUT2D eigenvalue weighted by Crippen LogP contribution is 2.32. The van der Waals surface area contributed by atoms with E-state index in [1.54, 1.807) is 36.3 Å². The molecular formula is C35H29ClN2O4S. The first kappa shape index (κ1) is 28.5. The van der Waals surface area contributed by atoms with Crippen molar-refractivity contribution in [3.8, 4) is 5.75 Å². The van der Waals surface area contributed by atoms with E-state index in [1.807, 2.05) is 54.6 Å². The summed E-state index contributed by atoms with van der Waals surface area (Å²) in [5.74, 6) is 0.287. The number of halogens is 1. The normalized spacial score (nSPS) is 13.2. The molecule has 0 aliphatic carbocycles. The molecule has 6 nitrogen and oxygen atoms in total. The summed E-state index contributed by atoms with van der Waals surface area (Å²) >= 11 is 6.52. The van der Waals surface area contributed by atoms with Crippen molar-refractivity contribution in [2.45, 2.75) is 11.4 Å². The van der Waals surface area contributed by atoms with E-state index in [2.05, 4.69) is 24.3 Å². The first-order chi connectivity index (χ1) is 20.8. The first-order valence-corrected chi connectivity index (χ1v) is 15.6. The summed E-state index contributed by atoms with van der Waals surface area (Å²) in [6.07, 6.45) is 2.04. The fourth-order valence-electron chi connectivity index (χ4n) is 5.35. The van der Waals surface area contributed by atoms with Crippen LogP contribution in [0.3, 0.4) is 0 Å². The molecule has 0 saturated carbocycles. The van der Waals surface area contributed by atoms with Gasteiger partial charge in [0.15, 0.2) is 0 Å². The lowest BCUT2D eigenvalue weighted by atomic mass is 9.99. The Labute approximate surface area is 256 Å². The summed E-state index contributed by atoms with van der Waals surface area (Å²) in [5.41, 5.74) is 3.54. The molecule has 1 heterocycles. The summed E-state index contributed by atoms with van der Waals surface area (Å²) in [6, 6.07) is 34.8. The van der Waals surface area contributed by atoms with Crippen LogP contribution >= 0.6 is 11.6 Å². The number of nitrogens with zero attached hydrogens (tertiary/aromatic N) is 2. The van der Waals surface area contributed by atoms with Crippen molar-refractivity contribution in [2.24, 2.45) is 0 Å². The zero-order valence-corrected chi connectivity index (χ0v) is 25.1. The largest absolute Gasteiger partial charge is 0.497 e. The second-order valence-electron chi connectivity index (χ2n) is 10.3. The third-order valence-electron chi connectivity index (χ3n) is 7.63. The minimum atomic E-state index is -4.10. The van der Waals surface area contributed by atoms with Crippen LogP contribution in [0.4, 0.5) is 5.69 Å². The Hall–Kier alpha value is -4.59. The van der Waals surface area contributed by atoms with Crippen LogP contribution in [0.5, 0.6) is 5.75 Å². The fourth-order valence-corrected chi connectivity index (χ4v) is 7.03. The van der Waals surface area contributed by atoms with Gasteiger partial charge in [-0.3, -0.25) is 9.10 Å². The molecule has 1 amide bonds. The second kappa shape index (κ2) is 12.0. The molecule has 0 aromatic heterocycles. The number of carbonyl (C=O) groups excluding carboxylic acids is 1. The zero-order valence-electron chi connectivity index (χ0n) is 23.5. The van der Waals surface area contributed by atoms with Crippen LogP contribution < -0.4 is 9.04 Å². The van der Waals surface area contributed by atoms with E-state index in [0.29, 0.717) is 24.5 Å². The highest BCUT2D eigenvalue weighted by molar-refractivity contribution is 7.92. The maximum atomic E-state index is 14.2. The number of amides is 1. The van der Waals surface area contributed by atoms with Crippen LogP contribution in [-0.2, 0) is 16.6 Å². The molecule has 0 radical (unpaired) electrons. The smallest absolute Gasteiger partial charge is 0.264 e. The molecule has 5 aromatic carbocycles. The third-order valence-corrected chi connectivity index (χ3v) is 9.73. The molecule has 0 unspecified atom stereocenters. The molecule has 0 spiro atoms. The lowest BCUT2D eigenvalue weighted by Crippen LogP contribution is -2.32. The van der Waals surface area contributed by atoms with Gasteiger partial charge in [-0.2, -0.15) is 0 Å². The number of methoxy groups -OCH3 is 1. The van der Waals surface area contributed by atoms with E-state index in [0.717, 1.165) is 27.5 Å². The minimum absolute atomic E-state index is 0.0200. The lowest BCUT2D eigenvalue weighted by molar-refractivity contribution is 0.0801. The molecular weight excluding hydrogens is 580 g/mol. The molecule has 1 aliphatic heterocycles. The Balaban J connectivity index is 1.30. The molecule has 8 heteroatoms. The van der Waals surface area contributed by atoms with Crippen molar-refractivity contribution in [1.29, 1.82) is 0 Å². The number of carbonyl (C=O) groups is 1. The van der Waals surface area contributed by atoms with Crippen molar-refractivity contribution in [3.63, 3.8) is 0 Å². The standard InChI is InChI=1S/C35H29ClN2O4S/c1-42-29-16-14-28(15-17-29)38(23-25-8-3-2-4-9-25)43(40,41)30-18-19-34(36)33(22-30)35(39)37-21-20-27(24-37)32-13-7-11-26-10-5-6-12-31(26)32/h2-20,22H,21,23-24H2,1H3. The van der Waals surface area contributed by atoms with Crippen LogP contribution in [0.2, 0.25) is 5.02 Å². The predicted molar refractivity (Wildman–Crippen MR) is 172 cm³/mol. The predicted octanol–water partition coefficient (Wildman–Crippen LogP) is 7.44. The van der Waals surface area contributed by atoms with Crippen LogP contribution in [0, 0.1) is 0 Å². The molecule has 0 bridgehead atoms. The van der Waals surface area contributed by atoms with Crippen LogP contribution in [0.1, 0.15) is 21.5 Å². The van der Waals surface area contributed by atoms with Crippen LogP contribution in [0.15, 0.2) is 126 Å². The molecule has 216 valence electrons. The van der Waals surface area contributed by atoms with Gasteiger partial charge in [0.05, 0.1) is 34.8 Å². The van der Waals surface area contributed by atoms with E-state index in [9.17, 15) is 13.2 Å². The highest BCUT2D eigenvalue weighted by Gasteiger charge is 2.29. The fraction of sp³-hybridized carbons (Fsp3) is 0.114. The molecule has 0 atom stereocenters. The Bertz CT molecular complexity index is 1940. The number of sulfonamides is 1. The van der Waals surface area contributed by atoms with Gasteiger partial charge in [0.1, 0.15) is 5.75 Å². The molecule has 0 N–H and O–H groups in total. The number of rotatable bonds is 8. The van der Waals surface area contributed by atoms with Crippen molar-refractivity contribution in [2.75, 3.05) is 24.5 Å². The quantitative estimate of drug-likeness (QED) is 0.184. The monoisotopic (exact) mass is 608 g/mol. The second-order valence-corrected chi connectivity index (χ2v) is 12.5. The lowest BCUT2D eigenvalue weighted by Gasteiger charge is -2.25. The minimum Gasteiger partial charge on any atom is -0.497 e. The zero-order chi connectivity index (χ0) is 30.0. The molecule has 0 saturated heterocycles. The SMILES string of the molecule is COc1ccc(N(Cc2ccccc2)S(=O)(=O)c2ccc(Cl)c(C(=O)N3CC=C(c4cccc5ccccc45)C3)c2)cc1. The number of hydrogen-bond donors (Lipinski definition) is 0. The number of hydrogen-bond acceptors (Lipinski definition) is 4. The van der Waals surface area contributed by atoms with E-state index in [4.69, 9.17) is 16.3 Å². The first-order valence-electron chi connectivity index (χ1n) is 13.8. The van der Waals surface area contributed by atoms with Gasteiger partial charge < -0.3 is 9.64 Å². The Morgan fingerprint density at radius 3 is 2.37 bits per heavy atom. The van der Waals surface area contributed by atoms with Crippen molar-refractivity contribution in [1.82, 2.24) is 4.90 Å². The number of fused-ring (bicyclic) bond motifs is 1. The maximum absolute atomic E-state index is 14.2. The van der Waals surface area contributed by atoms with Crippen LogP contribution in [0.25, 0.3) is 16.3 Å². The van der Waals surface area contributed by atoms with Crippen LogP contribution in [-0.4, -0.2) is 39.4 Å². The Morgan fingerprint density at radius 2 is 1.60 bits per heavy atom. The Kier molecular flexibility index (Phi) is 7.93. The molecule has 1 aliphatic rings. The summed E-state index contributed by atoms with van der Waals surface area (Å²) in [4.78, 5) is 15.4. The molecule has 0 fully saturated rings. The van der Waals surface area contributed by atoms with Gasteiger partial charge in [-0.1, -0.05) is 90.5 Å². The highest BCUT2D eigenvalue weighted by atomic mass is 35.5. The van der Waals surface area contributed by atoms with Crippen molar-refractivity contribution in [3.05, 3.63) is 143 Å². The number of benzene rings is 5. The van der Waals surface area contributed by atoms with E-state index >= 15 is 0 Å². The van der Waals surface area contributed by atoms with Gasteiger partial charge in [0, 0.05) is 13.1 Å². The summed E-state index contributed by atoms with van der Waals surface area (Å²) < 4.78 is 35.0. The summed E-state index contributed by atoms with van der Waals surface area (Å²) in [7, 11) is -2.54. The van der Waals surface area contributed by atoms with Crippen molar-refractivity contribution < 1.29 is 17.9 Å². The molecule has 6 rings (SSSR count). The molecule has 5 aromatic rings. The van der Waals surface area contributed by atoms with Gasteiger partial charge in [-0.15, -0.1) is 0 Å². The average molecular weight is 609 g/mol. The maximum Gasteiger partial charge on any atom is 0.264 e. The summed E-state index contributed by atoms with van der Waals surface area (Å²) in [6.45, 7) is 0.897. The van der Waals surface area contributed by atoms with Gasteiger partial charge in [0.2, 0.25) is 0 Å². The van der Waals surface area contributed by atoms with Gasteiger partial charge >= 0.3 is 0 Å². The van der Waals surface area contributed by atoms with E-state index in [1.165, 1.54) is 22.5 Å². The van der Waals surface area contributed by atoms with E-state index < -0.39 is 10.0 Å². The molecule has 43 heavy (non-hydrogen) atoms. The average Bonchev–Trinajstić information content (AvgIpc) is 3.54. The Morgan fingerprint density at radius 1 is 0.884 bits per heavy atom. The number of ether oxygens (including phenoxy) is 1. The van der Waals surface area contributed by atoms with E-state index in [-0.39, 0.29) is 27.9 Å². The summed E-state index contributed by atoms with van der Waals surface area (Å²) in [5, 5.41) is 2.44.